The highest BCUT2D eigenvalue weighted by atomic mass is 19.4. The van der Waals surface area contributed by atoms with Gasteiger partial charge in [0.05, 0.1) is 12.8 Å². The molecule has 9 heteroatoms. The van der Waals surface area contributed by atoms with Gasteiger partial charge in [0.15, 0.2) is 5.96 Å². The zero-order valence-electron chi connectivity index (χ0n) is 15.7. The molecule has 0 radical (unpaired) electrons. The first-order valence-corrected chi connectivity index (χ1v) is 9.37. The highest BCUT2D eigenvalue weighted by Gasteiger charge is 2.34. The van der Waals surface area contributed by atoms with Crippen LogP contribution in [0.4, 0.5) is 13.2 Å². The molecule has 0 amide bonds. The second-order valence-electron chi connectivity index (χ2n) is 6.64. The maximum atomic E-state index is 12.5. The number of nitrogens with zero attached hydrogens (tertiary/aromatic N) is 2. The minimum absolute atomic E-state index is 0.166. The van der Waals surface area contributed by atoms with Gasteiger partial charge in [-0.2, -0.15) is 13.2 Å². The molecule has 2 rings (SSSR count). The van der Waals surface area contributed by atoms with E-state index in [0.717, 1.165) is 25.1 Å². The molecule has 1 fully saturated rings. The van der Waals surface area contributed by atoms with Crippen LogP contribution < -0.4 is 10.6 Å². The number of hydrogen-bond donors (Lipinski definition) is 2. The molecule has 1 saturated heterocycles. The largest absolute Gasteiger partial charge is 0.467 e. The fourth-order valence-corrected chi connectivity index (χ4v) is 2.97. The van der Waals surface area contributed by atoms with Crippen molar-refractivity contribution in [1.82, 2.24) is 15.5 Å². The number of likely N-dealkylation sites (tertiary alicyclic amines) is 1. The first kappa shape index (κ1) is 21.6. The molecule has 1 atom stereocenters. The lowest BCUT2D eigenvalue weighted by atomic mass is 10.1. The highest BCUT2D eigenvalue weighted by molar-refractivity contribution is 5.79. The third kappa shape index (κ3) is 9.14. The number of furan rings is 1. The second-order valence-corrected chi connectivity index (χ2v) is 6.64. The van der Waals surface area contributed by atoms with E-state index in [2.05, 4.69) is 15.6 Å². The molecule has 0 aromatic carbocycles. The summed E-state index contributed by atoms with van der Waals surface area (Å²) in [5, 5.41) is 6.39. The summed E-state index contributed by atoms with van der Waals surface area (Å²) in [6, 6.07) is 3.69. The summed E-state index contributed by atoms with van der Waals surface area (Å²) in [4.78, 5) is 5.97. The van der Waals surface area contributed by atoms with E-state index in [0.29, 0.717) is 45.4 Å². The average molecular weight is 390 g/mol. The molecular weight excluding hydrogens is 361 g/mol. The lowest BCUT2D eigenvalue weighted by molar-refractivity contribution is -0.143. The maximum absolute atomic E-state index is 12.5. The Bertz CT molecular complexity index is 549. The smallest absolute Gasteiger partial charge is 0.401 e. The van der Waals surface area contributed by atoms with Gasteiger partial charge >= 0.3 is 6.18 Å². The Morgan fingerprint density at radius 2 is 2.26 bits per heavy atom. The van der Waals surface area contributed by atoms with Gasteiger partial charge in [-0.3, -0.25) is 9.89 Å². The lowest BCUT2D eigenvalue weighted by Gasteiger charge is -2.17. The molecule has 0 saturated carbocycles. The first-order chi connectivity index (χ1) is 13.0. The third-order valence-electron chi connectivity index (χ3n) is 4.21. The molecule has 2 N–H and O–H groups in total. The molecular formula is C18H29F3N4O2. The van der Waals surface area contributed by atoms with Crippen LogP contribution in [0.2, 0.25) is 0 Å². The molecule has 1 unspecified atom stereocenters. The van der Waals surface area contributed by atoms with Crippen molar-refractivity contribution in [3.05, 3.63) is 24.2 Å². The number of hydrogen-bond acceptors (Lipinski definition) is 4. The van der Waals surface area contributed by atoms with Crippen molar-refractivity contribution in [3.63, 3.8) is 0 Å². The third-order valence-corrected chi connectivity index (χ3v) is 4.21. The Kier molecular flexibility index (Phi) is 8.93. The van der Waals surface area contributed by atoms with Gasteiger partial charge in [0.2, 0.25) is 0 Å². The van der Waals surface area contributed by atoms with E-state index in [4.69, 9.17) is 9.15 Å². The van der Waals surface area contributed by atoms with Crippen molar-refractivity contribution in [1.29, 1.82) is 0 Å². The van der Waals surface area contributed by atoms with Crippen LogP contribution in [0.15, 0.2) is 27.8 Å². The van der Waals surface area contributed by atoms with Gasteiger partial charge in [0.1, 0.15) is 12.4 Å². The van der Waals surface area contributed by atoms with E-state index in [1.165, 1.54) is 4.90 Å². The fraction of sp³-hybridized carbons (Fsp3) is 0.722. The van der Waals surface area contributed by atoms with Crippen LogP contribution in [-0.4, -0.2) is 62.9 Å². The van der Waals surface area contributed by atoms with Gasteiger partial charge in [0, 0.05) is 32.8 Å². The molecule has 1 aliphatic heterocycles. The minimum atomic E-state index is -4.13. The van der Waals surface area contributed by atoms with E-state index < -0.39 is 12.7 Å². The zero-order chi connectivity index (χ0) is 19.5. The number of aliphatic imine (C=N–C) groups is 1. The maximum Gasteiger partial charge on any atom is 0.401 e. The summed E-state index contributed by atoms with van der Waals surface area (Å²) < 4.78 is 48.1. The van der Waals surface area contributed by atoms with E-state index in [9.17, 15) is 13.2 Å². The predicted molar refractivity (Wildman–Crippen MR) is 97.6 cm³/mol. The number of rotatable bonds is 10. The topological polar surface area (TPSA) is 62.0 Å². The number of halogens is 3. The van der Waals surface area contributed by atoms with E-state index in [-0.39, 0.29) is 5.92 Å². The van der Waals surface area contributed by atoms with Gasteiger partial charge in [-0.15, -0.1) is 0 Å². The second kappa shape index (κ2) is 11.2. The molecule has 1 aliphatic rings. The molecule has 6 nitrogen and oxygen atoms in total. The first-order valence-electron chi connectivity index (χ1n) is 9.37. The number of ether oxygens (including phenoxy) is 1. The van der Waals surface area contributed by atoms with Crippen molar-refractivity contribution in [3.8, 4) is 0 Å². The van der Waals surface area contributed by atoms with Crippen LogP contribution in [0.3, 0.4) is 0 Å². The van der Waals surface area contributed by atoms with E-state index >= 15 is 0 Å². The Labute approximate surface area is 158 Å². The van der Waals surface area contributed by atoms with Crippen LogP contribution >= 0.6 is 0 Å². The predicted octanol–water partition coefficient (Wildman–Crippen LogP) is 2.63. The molecule has 0 spiro atoms. The highest BCUT2D eigenvalue weighted by Crippen LogP contribution is 2.22. The Hall–Kier alpha value is -1.74. The zero-order valence-corrected chi connectivity index (χ0v) is 15.7. The Morgan fingerprint density at radius 3 is 2.96 bits per heavy atom. The standard InChI is InChI=1S/C18H29F3N4O2/c1-2-22-17(23-7-4-9-26-13-16-5-3-10-27-16)24-11-15-6-8-25(12-15)14-18(19,20)21/h3,5,10,15H,2,4,6-9,11-14H2,1H3,(H2,22,23,24). The van der Waals surface area contributed by atoms with Crippen molar-refractivity contribution >= 4 is 5.96 Å². The van der Waals surface area contributed by atoms with Gasteiger partial charge in [-0.1, -0.05) is 0 Å². The van der Waals surface area contributed by atoms with Gasteiger partial charge in [0.25, 0.3) is 0 Å². The van der Waals surface area contributed by atoms with Gasteiger partial charge < -0.3 is 19.8 Å². The molecule has 0 bridgehead atoms. The lowest BCUT2D eigenvalue weighted by Crippen LogP contribution is -2.38. The van der Waals surface area contributed by atoms with Gasteiger partial charge in [-0.25, -0.2) is 0 Å². The summed E-state index contributed by atoms with van der Waals surface area (Å²) in [6.45, 7) is 5.09. The Morgan fingerprint density at radius 1 is 1.41 bits per heavy atom. The average Bonchev–Trinajstić information content (AvgIpc) is 3.26. The minimum Gasteiger partial charge on any atom is -0.467 e. The molecule has 2 heterocycles. The summed E-state index contributed by atoms with van der Waals surface area (Å²) in [7, 11) is 0. The van der Waals surface area contributed by atoms with Crippen LogP contribution in [-0.2, 0) is 11.3 Å². The van der Waals surface area contributed by atoms with Crippen molar-refractivity contribution < 1.29 is 22.3 Å². The van der Waals surface area contributed by atoms with Crippen LogP contribution in [0.25, 0.3) is 0 Å². The van der Waals surface area contributed by atoms with Crippen molar-refractivity contribution in [2.24, 2.45) is 10.9 Å². The van der Waals surface area contributed by atoms with E-state index in [1.54, 1.807) is 6.26 Å². The molecule has 1 aromatic heterocycles. The summed E-state index contributed by atoms with van der Waals surface area (Å²) in [5.41, 5.74) is 0. The molecule has 0 aliphatic carbocycles. The van der Waals surface area contributed by atoms with Crippen LogP contribution in [0.1, 0.15) is 25.5 Å². The summed E-state index contributed by atoms with van der Waals surface area (Å²) in [6.07, 6.45) is -0.951. The number of alkyl halides is 3. The number of nitrogens with one attached hydrogen (secondary N) is 2. The fourth-order valence-electron chi connectivity index (χ4n) is 2.97. The van der Waals surface area contributed by atoms with E-state index in [1.807, 2.05) is 19.1 Å². The molecule has 27 heavy (non-hydrogen) atoms. The monoisotopic (exact) mass is 390 g/mol. The SMILES string of the molecule is CCNC(=NCC1CCN(CC(F)(F)F)C1)NCCCOCc1ccco1. The Balaban J connectivity index is 1.62. The quantitative estimate of drug-likeness (QED) is 0.365. The summed E-state index contributed by atoms with van der Waals surface area (Å²) in [5.74, 6) is 1.66. The summed E-state index contributed by atoms with van der Waals surface area (Å²) >= 11 is 0. The molecule has 154 valence electrons. The van der Waals surface area contributed by atoms with Crippen molar-refractivity contribution in [2.75, 3.05) is 45.9 Å². The van der Waals surface area contributed by atoms with Gasteiger partial charge in [-0.05, 0) is 44.4 Å². The van der Waals surface area contributed by atoms with Crippen LogP contribution in [0, 0.1) is 5.92 Å². The normalized spacial score (nSPS) is 18.8. The van der Waals surface area contributed by atoms with Crippen LogP contribution in [0.5, 0.6) is 0 Å². The molecule has 1 aromatic rings. The van der Waals surface area contributed by atoms with Crippen molar-refractivity contribution in [2.45, 2.75) is 32.5 Å². The number of guanidine groups is 1.